The molecule has 0 aliphatic heterocycles. The van der Waals surface area contributed by atoms with E-state index >= 15 is 0 Å². The van der Waals surface area contributed by atoms with Gasteiger partial charge in [0.2, 0.25) is 5.91 Å². The number of unbranched alkanes of at least 4 members (excludes halogenated alkanes) is 3. The first-order chi connectivity index (χ1) is 15.0. The number of hydrogen-bond acceptors (Lipinski definition) is 4. The number of hydroxylamine groups is 1. The Morgan fingerprint density at radius 3 is 2.48 bits per heavy atom. The Kier molecular flexibility index (Phi) is 8.36. The van der Waals surface area contributed by atoms with Crippen LogP contribution in [-0.4, -0.2) is 35.3 Å². The van der Waals surface area contributed by atoms with E-state index in [0.717, 1.165) is 36.0 Å². The number of fused-ring (bicyclic) bond motifs is 1. The first-order valence-corrected chi connectivity index (χ1v) is 11.4. The van der Waals surface area contributed by atoms with E-state index in [1.165, 1.54) is 15.2 Å². The Morgan fingerprint density at radius 1 is 1.06 bits per heavy atom. The molecule has 0 saturated heterocycles. The minimum Gasteiger partial charge on any atom is -0.760 e. The minimum atomic E-state index is -2.29. The van der Waals surface area contributed by atoms with Gasteiger partial charge >= 0.3 is 0 Å². The van der Waals surface area contributed by atoms with Gasteiger partial charge in [0, 0.05) is 54.9 Å². The maximum absolute atomic E-state index is 11.6. The molecule has 31 heavy (non-hydrogen) atoms. The fourth-order valence-corrected chi connectivity index (χ4v) is 4.19. The number of aryl methyl sites for hydroxylation is 1. The van der Waals surface area contributed by atoms with Crippen LogP contribution in [0, 0.1) is 0 Å². The van der Waals surface area contributed by atoms with E-state index in [2.05, 4.69) is 28.8 Å². The molecule has 0 radical (unpaired) electrons. The lowest BCUT2D eigenvalue weighted by Crippen LogP contribution is -2.26. The van der Waals surface area contributed by atoms with Gasteiger partial charge in [0.25, 0.3) is 0 Å². The second kappa shape index (κ2) is 11.2. The summed E-state index contributed by atoms with van der Waals surface area (Å²) in [6.07, 6.45) is 5.35. The topological polar surface area (TPSA) is 97.6 Å². The Bertz CT molecular complexity index is 1030. The van der Waals surface area contributed by atoms with Crippen LogP contribution in [0.2, 0.25) is 0 Å². The van der Waals surface area contributed by atoms with Crippen molar-refractivity contribution in [2.24, 2.45) is 7.05 Å². The van der Waals surface area contributed by atoms with Crippen LogP contribution >= 0.6 is 0 Å². The van der Waals surface area contributed by atoms with Gasteiger partial charge in [-0.2, -0.15) is 0 Å². The van der Waals surface area contributed by atoms with Gasteiger partial charge in [-0.25, -0.2) is 9.79 Å². The summed E-state index contributed by atoms with van der Waals surface area (Å²) in [7, 11) is 2.03. The molecule has 3 rings (SSSR count). The van der Waals surface area contributed by atoms with Gasteiger partial charge in [-0.1, -0.05) is 43.2 Å². The van der Waals surface area contributed by atoms with Crippen molar-refractivity contribution in [1.82, 2.24) is 14.4 Å². The summed E-state index contributed by atoms with van der Waals surface area (Å²) in [6, 6.07) is 16.5. The highest BCUT2D eigenvalue weighted by Gasteiger charge is 2.08. The van der Waals surface area contributed by atoms with Gasteiger partial charge in [-0.05, 0) is 47.7 Å². The number of carbonyl (C=O) groups excluding carboxylic acids is 1. The Hall–Kier alpha value is -2.52. The van der Waals surface area contributed by atoms with Crippen LogP contribution in [-0.2, 0) is 29.7 Å². The maximum atomic E-state index is 11.6. The van der Waals surface area contributed by atoms with Crippen LogP contribution in [0.3, 0.4) is 0 Å². The molecule has 1 unspecified atom stereocenters. The predicted molar refractivity (Wildman–Crippen MR) is 121 cm³/mol. The van der Waals surface area contributed by atoms with Crippen molar-refractivity contribution >= 4 is 28.1 Å². The molecule has 1 heterocycles. The molecule has 2 N–H and O–H groups in total. The van der Waals surface area contributed by atoms with Gasteiger partial charge in [-0.3, -0.25) is 14.2 Å². The van der Waals surface area contributed by atoms with Crippen molar-refractivity contribution in [2.45, 2.75) is 38.6 Å². The third kappa shape index (κ3) is 6.48. The lowest BCUT2D eigenvalue weighted by atomic mass is 10.0. The molecular formula is C23H28N3O4S-. The SMILES string of the molecule is Cn1ccc2cc(-c3ccc(CN(CCCCCCC(=O)NO)S(=O)[O-])cc3)ccc21. The Balaban J connectivity index is 1.53. The molecule has 3 aromatic rings. The molecule has 0 bridgehead atoms. The van der Waals surface area contributed by atoms with Crippen molar-refractivity contribution in [3.63, 3.8) is 0 Å². The molecule has 0 aliphatic carbocycles. The average Bonchev–Trinajstić information content (AvgIpc) is 3.15. The smallest absolute Gasteiger partial charge is 0.243 e. The van der Waals surface area contributed by atoms with Crippen LogP contribution in [0.1, 0.15) is 37.7 Å². The zero-order chi connectivity index (χ0) is 22.2. The molecule has 2 aromatic carbocycles. The standard InChI is InChI=1S/C23H29N3O4S/c1-25-15-13-21-16-20(11-12-22(21)25)19-9-7-18(8-10-19)17-26(31(29)30)14-5-3-2-4-6-23(27)24-28/h7-13,15-16,28H,2-6,14,17H2,1H3,(H,24,27)(H,29,30)/p-1. The number of nitrogens with one attached hydrogen (secondary N) is 1. The minimum absolute atomic E-state index is 0.275. The van der Waals surface area contributed by atoms with Crippen LogP contribution in [0.4, 0.5) is 0 Å². The molecule has 0 spiro atoms. The molecule has 1 atom stereocenters. The fraction of sp³-hybridized carbons (Fsp3) is 0.348. The van der Waals surface area contributed by atoms with Gasteiger partial charge < -0.3 is 9.12 Å². The third-order valence-electron chi connectivity index (χ3n) is 5.43. The fourth-order valence-electron chi connectivity index (χ4n) is 3.66. The summed E-state index contributed by atoms with van der Waals surface area (Å²) >= 11 is -2.29. The molecule has 0 saturated carbocycles. The predicted octanol–water partition coefficient (Wildman–Crippen LogP) is 3.90. The molecule has 1 aromatic heterocycles. The number of aromatic nitrogens is 1. The maximum Gasteiger partial charge on any atom is 0.243 e. The van der Waals surface area contributed by atoms with Gasteiger partial charge in [0.05, 0.1) is 0 Å². The van der Waals surface area contributed by atoms with Crippen molar-refractivity contribution in [3.8, 4) is 11.1 Å². The van der Waals surface area contributed by atoms with E-state index in [9.17, 15) is 13.6 Å². The largest absolute Gasteiger partial charge is 0.760 e. The Morgan fingerprint density at radius 2 is 1.77 bits per heavy atom. The summed E-state index contributed by atoms with van der Waals surface area (Å²) in [5, 5.41) is 9.65. The third-order valence-corrected chi connectivity index (χ3v) is 6.16. The molecule has 0 fully saturated rings. The zero-order valence-corrected chi connectivity index (χ0v) is 18.4. The number of amides is 1. The molecule has 166 valence electrons. The zero-order valence-electron chi connectivity index (χ0n) is 17.6. The second-order valence-corrected chi connectivity index (χ2v) is 8.63. The number of carbonyl (C=O) groups is 1. The quantitative estimate of drug-likeness (QED) is 0.204. The van der Waals surface area contributed by atoms with E-state index in [1.54, 1.807) is 5.48 Å². The van der Waals surface area contributed by atoms with Crippen LogP contribution < -0.4 is 5.48 Å². The number of rotatable bonds is 11. The van der Waals surface area contributed by atoms with E-state index in [0.29, 0.717) is 19.5 Å². The normalized spacial score (nSPS) is 12.4. The highest BCUT2D eigenvalue weighted by molar-refractivity contribution is 7.76. The highest BCUT2D eigenvalue weighted by atomic mass is 32.2. The van der Waals surface area contributed by atoms with Crippen LogP contribution in [0.25, 0.3) is 22.0 Å². The average molecular weight is 443 g/mol. The molecular weight excluding hydrogens is 414 g/mol. The van der Waals surface area contributed by atoms with E-state index in [-0.39, 0.29) is 6.42 Å². The van der Waals surface area contributed by atoms with Crippen molar-refractivity contribution in [1.29, 1.82) is 0 Å². The Labute approximate surface area is 185 Å². The molecule has 8 heteroatoms. The number of hydrogen-bond donors (Lipinski definition) is 2. The van der Waals surface area contributed by atoms with Gasteiger partial charge in [0.1, 0.15) is 0 Å². The van der Waals surface area contributed by atoms with Crippen molar-refractivity contribution < 1.29 is 18.8 Å². The second-order valence-electron chi connectivity index (χ2n) is 7.68. The van der Waals surface area contributed by atoms with Gasteiger partial charge in [-0.15, -0.1) is 0 Å². The molecule has 1 amide bonds. The van der Waals surface area contributed by atoms with E-state index < -0.39 is 17.2 Å². The first-order valence-electron chi connectivity index (χ1n) is 10.4. The summed E-state index contributed by atoms with van der Waals surface area (Å²) < 4.78 is 26.7. The molecule has 7 nitrogen and oxygen atoms in total. The van der Waals surface area contributed by atoms with Crippen LogP contribution in [0.5, 0.6) is 0 Å². The van der Waals surface area contributed by atoms with Crippen molar-refractivity contribution in [2.75, 3.05) is 6.54 Å². The van der Waals surface area contributed by atoms with Crippen molar-refractivity contribution in [3.05, 3.63) is 60.3 Å². The monoisotopic (exact) mass is 442 g/mol. The first kappa shape index (κ1) is 23.1. The molecule has 0 aliphatic rings. The summed E-state index contributed by atoms with van der Waals surface area (Å²) in [4.78, 5) is 11.0. The van der Waals surface area contributed by atoms with E-state index in [4.69, 9.17) is 5.21 Å². The summed E-state index contributed by atoms with van der Waals surface area (Å²) in [5.74, 6) is -0.394. The van der Waals surface area contributed by atoms with Crippen LogP contribution in [0.15, 0.2) is 54.7 Å². The summed E-state index contributed by atoms with van der Waals surface area (Å²) in [5.41, 5.74) is 5.96. The highest BCUT2D eigenvalue weighted by Crippen LogP contribution is 2.25. The number of benzene rings is 2. The lowest BCUT2D eigenvalue weighted by Gasteiger charge is -2.24. The number of nitrogens with zero attached hydrogens (tertiary/aromatic N) is 2. The van der Waals surface area contributed by atoms with Gasteiger partial charge in [0.15, 0.2) is 0 Å². The lowest BCUT2D eigenvalue weighted by molar-refractivity contribution is -0.129. The van der Waals surface area contributed by atoms with E-state index in [1.807, 2.05) is 37.5 Å². The summed E-state index contributed by atoms with van der Waals surface area (Å²) in [6.45, 7) is 0.774.